The van der Waals surface area contributed by atoms with E-state index in [1.807, 2.05) is 53.4 Å². The Morgan fingerprint density at radius 2 is 1.11 bits per heavy atom. The van der Waals surface area contributed by atoms with Crippen molar-refractivity contribution >= 4 is 75.2 Å². The highest BCUT2D eigenvalue weighted by molar-refractivity contribution is 6.03. The van der Waals surface area contributed by atoms with E-state index >= 15 is 0 Å². The molecule has 3 aromatic rings. The van der Waals surface area contributed by atoms with Gasteiger partial charge in [0.1, 0.15) is 6.04 Å². The fourth-order valence-electron chi connectivity index (χ4n) is 10.3. The van der Waals surface area contributed by atoms with E-state index in [2.05, 4.69) is 27.3 Å². The molecule has 1 heterocycles. The van der Waals surface area contributed by atoms with Crippen LogP contribution in [-0.2, 0) is 49.5 Å². The predicted molar refractivity (Wildman–Crippen MR) is 290 cm³/mol. The van der Waals surface area contributed by atoms with Crippen LogP contribution in [0.25, 0.3) is 21.5 Å². The molecule has 4 amide bonds. The van der Waals surface area contributed by atoms with Crippen LogP contribution in [0, 0.1) is 11.8 Å². The monoisotopic (exact) mass is 1120 g/mol. The molecule has 25 nitrogen and oxygen atoms in total. The van der Waals surface area contributed by atoms with Crippen LogP contribution in [0.1, 0.15) is 69.8 Å². The van der Waals surface area contributed by atoms with E-state index in [9.17, 15) is 73.8 Å². The number of nitrogens with one attached hydrogen (secondary N) is 4. The number of unbranched alkanes of at least 4 members (excludes halogenated alkanes) is 1. The third kappa shape index (κ3) is 21.9. The van der Waals surface area contributed by atoms with Crippen LogP contribution >= 0.6 is 0 Å². The normalized spacial score (nSPS) is 18.8. The van der Waals surface area contributed by atoms with Crippen molar-refractivity contribution in [3.05, 3.63) is 60.2 Å². The maximum atomic E-state index is 14.2. The van der Waals surface area contributed by atoms with Gasteiger partial charge in [0, 0.05) is 84.2 Å². The number of carbonyl (C=O) groups excluding carboxylic acids is 4. The van der Waals surface area contributed by atoms with Crippen LogP contribution in [0.5, 0.6) is 0 Å². The number of hydrogen-bond donors (Lipinski definition) is 11. The highest BCUT2D eigenvalue weighted by atomic mass is 16.6. The molecular formula is C55H78N8O17. The number of aliphatic hydroxyl groups excluding tert-OH is 2. The summed E-state index contributed by atoms with van der Waals surface area (Å²) in [4.78, 5) is 119. The molecule has 1 saturated heterocycles. The molecule has 4 atom stereocenters. The van der Waals surface area contributed by atoms with Gasteiger partial charge in [-0.3, -0.25) is 53.2 Å². The van der Waals surface area contributed by atoms with Gasteiger partial charge in [-0.25, -0.2) is 9.59 Å². The number of aliphatic hydroxyl groups is 2. The number of carboxylic acid groups (broad SMARTS) is 5. The lowest BCUT2D eigenvalue weighted by Gasteiger charge is -2.33. The molecule has 80 heavy (non-hydrogen) atoms. The second-order valence-corrected chi connectivity index (χ2v) is 20.7. The van der Waals surface area contributed by atoms with Crippen LogP contribution in [0.3, 0.4) is 0 Å². The minimum absolute atomic E-state index is 0.0301. The zero-order valence-corrected chi connectivity index (χ0v) is 45.0. The van der Waals surface area contributed by atoms with E-state index in [1.54, 1.807) is 14.7 Å². The maximum absolute atomic E-state index is 14.2. The van der Waals surface area contributed by atoms with Crippen molar-refractivity contribution in [3.8, 4) is 0 Å². The number of alkyl carbamates (subject to hydrolysis) is 1. The summed E-state index contributed by atoms with van der Waals surface area (Å²) in [5.74, 6) is -7.14. The summed E-state index contributed by atoms with van der Waals surface area (Å²) in [6, 6.07) is 15.6. The van der Waals surface area contributed by atoms with E-state index < -0.39 is 78.7 Å². The molecule has 0 spiro atoms. The van der Waals surface area contributed by atoms with Crippen molar-refractivity contribution in [1.82, 2.24) is 40.9 Å². The Hall–Kier alpha value is -7.03. The first kappa shape index (κ1) is 63.8. The molecule has 440 valence electrons. The molecule has 0 bridgehead atoms. The van der Waals surface area contributed by atoms with Crippen molar-refractivity contribution in [2.45, 2.75) is 94.9 Å². The van der Waals surface area contributed by atoms with Crippen molar-refractivity contribution < 1.29 is 83.6 Å². The number of nitrogens with zero attached hydrogens (tertiary/aromatic N) is 4. The maximum Gasteiger partial charge on any atom is 0.408 e. The van der Waals surface area contributed by atoms with E-state index in [4.69, 9.17) is 9.84 Å². The van der Waals surface area contributed by atoms with Crippen molar-refractivity contribution in [2.24, 2.45) is 11.8 Å². The van der Waals surface area contributed by atoms with Gasteiger partial charge in [-0.1, -0.05) is 48.5 Å². The van der Waals surface area contributed by atoms with Crippen LogP contribution in [0.4, 0.5) is 4.79 Å². The van der Waals surface area contributed by atoms with Gasteiger partial charge >= 0.3 is 35.9 Å². The molecular weight excluding hydrogens is 1040 g/mol. The summed E-state index contributed by atoms with van der Waals surface area (Å²) in [7, 11) is 0. The number of ether oxygens (including phenoxy) is 1. The number of amides is 4. The first-order chi connectivity index (χ1) is 38.3. The fraction of sp³-hybridized carbons (Fsp3) is 0.582. The van der Waals surface area contributed by atoms with E-state index in [-0.39, 0.29) is 122 Å². The van der Waals surface area contributed by atoms with Crippen LogP contribution < -0.4 is 21.3 Å². The Morgan fingerprint density at radius 3 is 1.60 bits per heavy atom. The molecule has 2 fully saturated rings. The van der Waals surface area contributed by atoms with Gasteiger partial charge in [0.05, 0.1) is 44.9 Å². The second-order valence-electron chi connectivity index (χ2n) is 20.7. The summed E-state index contributed by atoms with van der Waals surface area (Å²) in [6.07, 6.45) is -1.76. The third-order valence-electron chi connectivity index (χ3n) is 14.7. The Labute approximate surface area is 463 Å². The molecule has 0 radical (unpaired) electrons. The number of fused-ring (bicyclic) bond motifs is 2. The average molecular weight is 1120 g/mol. The van der Waals surface area contributed by atoms with Gasteiger partial charge in [0.15, 0.2) is 0 Å². The first-order valence-electron chi connectivity index (χ1n) is 27.3. The lowest BCUT2D eigenvalue weighted by atomic mass is 9.81. The van der Waals surface area contributed by atoms with Gasteiger partial charge < -0.3 is 61.7 Å². The summed E-state index contributed by atoms with van der Waals surface area (Å²) < 4.78 is 5.00. The summed E-state index contributed by atoms with van der Waals surface area (Å²) in [5.41, 5.74) is 0.872. The minimum Gasteiger partial charge on any atom is -0.481 e. The average Bonchev–Trinajstić information content (AvgIpc) is 3.45. The number of carboxylic acids is 5. The molecule has 1 aliphatic heterocycles. The Morgan fingerprint density at radius 1 is 0.600 bits per heavy atom. The SMILES string of the molecule is O=C(O)CCC[C@H](OC(=O)N[C@@H](CCCCNC(=O)[C@H](Cc1c2ccccc2cc2ccccc12)NC(=O)[C@H]1CC[C@H](CNC(=O)CN2CCN(CC(=O)O)CCN(CC(=O)O)CCN(CC(=O)O)CC2)CC1)C(O)CO)C(=O)O. The second kappa shape index (κ2) is 32.9. The minimum atomic E-state index is -1.64. The van der Waals surface area contributed by atoms with Crippen LogP contribution in [-0.4, -0.2) is 232 Å². The largest absolute Gasteiger partial charge is 0.481 e. The molecule has 25 heteroatoms. The molecule has 1 saturated carbocycles. The number of aliphatic carboxylic acids is 5. The van der Waals surface area contributed by atoms with Gasteiger partial charge in [-0.05, 0) is 96.9 Å². The highest BCUT2D eigenvalue weighted by Crippen LogP contribution is 2.31. The lowest BCUT2D eigenvalue weighted by Crippen LogP contribution is -2.50. The quantitative estimate of drug-likeness (QED) is 0.0339. The van der Waals surface area contributed by atoms with Crippen molar-refractivity contribution in [3.63, 3.8) is 0 Å². The topological polar surface area (TPSA) is 366 Å². The highest BCUT2D eigenvalue weighted by Gasteiger charge is 2.32. The third-order valence-corrected chi connectivity index (χ3v) is 14.7. The predicted octanol–water partition coefficient (Wildman–Crippen LogP) is 0.861. The first-order valence-corrected chi connectivity index (χ1v) is 27.3. The Kier molecular flexibility index (Phi) is 26.2. The fourth-order valence-corrected chi connectivity index (χ4v) is 10.3. The van der Waals surface area contributed by atoms with Crippen molar-refractivity contribution in [1.29, 1.82) is 0 Å². The molecule has 2 aliphatic rings. The summed E-state index contributed by atoms with van der Waals surface area (Å²) in [5, 5.41) is 82.3. The van der Waals surface area contributed by atoms with Gasteiger partial charge in [0.25, 0.3) is 0 Å². The standard InChI is InChI=1S/C55H78N8O17/c64-35-45(65)43(59-55(79)80-46(54(77)78)13-7-14-48(67)68)12-5-6-19-56-53(76)44(29-42-40-10-3-1-8-38(40)28-39-9-2-4-11-41(39)42)58-52(75)37-17-15-36(16-18-37)30-57-47(66)31-60-20-22-61(32-49(69)70)24-26-63(34-51(73)74)27-25-62(23-21-60)33-50(71)72/h1-4,8-11,28,36-37,43-46,64-65H,5-7,12-27,29-35H2,(H,56,76)(H,57,66)(H,58,75)(H,59,79)(H,67,68)(H,69,70)(H,71,72)(H,73,74)(H,77,78)/t36-,37-,43-,44-,45?,46-/m0/s1. The van der Waals surface area contributed by atoms with Gasteiger partial charge in [0.2, 0.25) is 23.8 Å². The number of carbonyl (C=O) groups is 9. The molecule has 3 aromatic carbocycles. The molecule has 11 N–H and O–H groups in total. The van der Waals surface area contributed by atoms with Crippen LogP contribution in [0.15, 0.2) is 54.6 Å². The number of benzene rings is 3. The van der Waals surface area contributed by atoms with E-state index in [0.29, 0.717) is 58.2 Å². The summed E-state index contributed by atoms with van der Waals surface area (Å²) in [6.45, 7) is 1.01. The molecule has 5 rings (SSSR count). The zero-order valence-electron chi connectivity index (χ0n) is 45.0. The number of hydrogen-bond acceptors (Lipinski definition) is 16. The smallest absolute Gasteiger partial charge is 0.408 e. The van der Waals surface area contributed by atoms with E-state index in [0.717, 1.165) is 27.1 Å². The van der Waals surface area contributed by atoms with Crippen molar-refractivity contribution in [2.75, 3.05) is 98.2 Å². The molecule has 0 aromatic heterocycles. The number of rotatable bonds is 29. The van der Waals surface area contributed by atoms with Gasteiger partial charge in [-0.15, -0.1) is 0 Å². The zero-order chi connectivity index (χ0) is 58.1. The Bertz CT molecular complexity index is 2490. The summed E-state index contributed by atoms with van der Waals surface area (Å²) >= 11 is 0. The Balaban J connectivity index is 1.18. The van der Waals surface area contributed by atoms with E-state index in [1.165, 1.54) is 0 Å². The van der Waals surface area contributed by atoms with Crippen LogP contribution in [0.2, 0.25) is 0 Å². The van der Waals surface area contributed by atoms with Gasteiger partial charge in [-0.2, -0.15) is 0 Å². The molecule has 1 aliphatic carbocycles. The lowest BCUT2D eigenvalue weighted by molar-refractivity contribution is -0.148. The molecule has 1 unspecified atom stereocenters.